The summed E-state index contributed by atoms with van der Waals surface area (Å²) in [7, 11) is 0. The third-order valence-electron chi connectivity index (χ3n) is 5.24. The fraction of sp³-hybridized carbons (Fsp3) is 0.824. The van der Waals surface area contributed by atoms with Gasteiger partial charge in [-0.05, 0) is 56.4 Å². The SMILES string of the molecule is CC1CCC(Cl)C(Cc2ccn(C3CCCCC3)n2)C1. The third-order valence-corrected chi connectivity index (χ3v) is 5.81. The second kappa shape index (κ2) is 6.51. The van der Waals surface area contributed by atoms with Gasteiger partial charge in [-0.3, -0.25) is 4.68 Å². The molecule has 0 aliphatic heterocycles. The Morgan fingerprint density at radius 3 is 2.80 bits per heavy atom. The Morgan fingerprint density at radius 2 is 2.00 bits per heavy atom. The van der Waals surface area contributed by atoms with Crippen molar-refractivity contribution in [1.29, 1.82) is 0 Å². The molecule has 2 fully saturated rings. The van der Waals surface area contributed by atoms with Crippen LogP contribution in [0.15, 0.2) is 12.3 Å². The first-order valence-corrected chi connectivity index (χ1v) is 8.84. The minimum atomic E-state index is 0.353. The topological polar surface area (TPSA) is 17.8 Å². The van der Waals surface area contributed by atoms with Gasteiger partial charge in [-0.2, -0.15) is 5.10 Å². The van der Waals surface area contributed by atoms with E-state index in [1.807, 2.05) is 0 Å². The molecule has 20 heavy (non-hydrogen) atoms. The van der Waals surface area contributed by atoms with Gasteiger partial charge in [0, 0.05) is 11.6 Å². The normalized spacial score (nSPS) is 32.4. The fourth-order valence-corrected chi connectivity index (χ4v) is 4.29. The largest absolute Gasteiger partial charge is 0.269 e. The van der Waals surface area contributed by atoms with E-state index in [9.17, 15) is 0 Å². The lowest BCUT2D eigenvalue weighted by molar-refractivity contribution is 0.283. The maximum absolute atomic E-state index is 6.52. The summed E-state index contributed by atoms with van der Waals surface area (Å²) in [4.78, 5) is 0. The summed E-state index contributed by atoms with van der Waals surface area (Å²) in [5, 5.41) is 5.20. The highest BCUT2D eigenvalue weighted by Gasteiger charge is 2.28. The van der Waals surface area contributed by atoms with E-state index in [-0.39, 0.29) is 0 Å². The van der Waals surface area contributed by atoms with Gasteiger partial charge in [0.2, 0.25) is 0 Å². The zero-order valence-corrected chi connectivity index (χ0v) is 13.4. The zero-order chi connectivity index (χ0) is 13.9. The van der Waals surface area contributed by atoms with E-state index in [4.69, 9.17) is 16.7 Å². The van der Waals surface area contributed by atoms with Gasteiger partial charge in [0.1, 0.15) is 0 Å². The average molecular weight is 295 g/mol. The Labute approximate surface area is 127 Å². The van der Waals surface area contributed by atoms with Crippen molar-refractivity contribution in [1.82, 2.24) is 9.78 Å². The summed E-state index contributed by atoms with van der Waals surface area (Å²) in [6.45, 7) is 2.36. The smallest absolute Gasteiger partial charge is 0.0628 e. The molecule has 112 valence electrons. The molecule has 3 unspecified atom stereocenters. The summed E-state index contributed by atoms with van der Waals surface area (Å²) < 4.78 is 2.23. The van der Waals surface area contributed by atoms with Crippen molar-refractivity contribution < 1.29 is 0 Å². The van der Waals surface area contributed by atoms with E-state index in [1.165, 1.54) is 57.1 Å². The number of halogens is 1. The van der Waals surface area contributed by atoms with Gasteiger partial charge in [-0.15, -0.1) is 11.6 Å². The summed E-state index contributed by atoms with van der Waals surface area (Å²) in [5.41, 5.74) is 1.25. The van der Waals surface area contributed by atoms with Crippen molar-refractivity contribution in [3.05, 3.63) is 18.0 Å². The Balaban J connectivity index is 1.61. The van der Waals surface area contributed by atoms with Crippen molar-refractivity contribution in [3.63, 3.8) is 0 Å². The van der Waals surface area contributed by atoms with Crippen LogP contribution < -0.4 is 0 Å². The first-order valence-electron chi connectivity index (χ1n) is 8.40. The molecule has 2 saturated carbocycles. The monoisotopic (exact) mass is 294 g/mol. The maximum atomic E-state index is 6.52. The Hall–Kier alpha value is -0.500. The van der Waals surface area contributed by atoms with Gasteiger partial charge in [-0.1, -0.05) is 26.2 Å². The minimum absolute atomic E-state index is 0.353. The molecule has 0 saturated heterocycles. The van der Waals surface area contributed by atoms with E-state index in [0.717, 1.165) is 12.3 Å². The Kier molecular flexibility index (Phi) is 4.70. The van der Waals surface area contributed by atoms with Crippen molar-refractivity contribution in [2.45, 2.75) is 76.1 Å². The Morgan fingerprint density at radius 1 is 1.20 bits per heavy atom. The van der Waals surface area contributed by atoms with Gasteiger partial charge in [0.25, 0.3) is 0 Å². The molecule has 1 aromatic heterocycles. The number of rotatable bonds is 3. The molecule has 0 spiro atoms. The maximum Gasteiger partial charge on any atom is 0.0628 e. The van der Waals surface area contributed by atoms with Gasteiger partial charge in [0.15, 0.2) is 0 Å². The van der Waals surface area contributed by atoms with Crippen molar-refractivity contribution in [3.8, 4) is 0 Å². The molecule has 3 rings (SSSR count). The lowest BCUT2D eigenvalue weighted by Crippen LogP contribution is -2.26. The predicted octanol–water partition coefficient (Wildman–Crippen LogP) is 4.97. The predicted molar refractivity (Wildman–Crippen MR) is 84.2 cm³/mol. The standard InChI is InChI=1S/C17H27ClN2/c1-13-7-8-17(18)14(11-13)12-15-9-10-20(19-15)16-5-3-2-4-6-16/h9-10,13-14,16-17H,2-8,11-12H2,1H3. The van der Waals surface area contributed by atoms with Gasteiger partial charge in [-0.25, -0.2) is 0 Å². The third kappa shape index (κ3) is 3.39. The molecule has 2 aliphatic rings. The van der Waals surface area contributed by atoms with Crippen LogP contribution in [0.5, 0.6) is 0 Å². The highest BCUT2D eigenvalue weighted by Crippen LogP contribution is 2.34. The molecule has 3 atom stereocenters. The van der Waals surface area contributed by atoms with Crippen LogP contribution in [-0.4, -0.2) is 15.2 Å². The molecular formula is C17H27ClN2. The van der Waals surface area contributed by atoms with Crippen molar-refractivity contribution >= 4 is 11.6 Å². The molecule has 0 radical (unpaired) electrons. The fourth-order valence-electron chi connectivity index (χ4n) is 3.98. The first kappa shape index (κ1) is 14.4. The van der Waals surface area contributed by atoms with E-state index in [0.29, 0.717) is 17.3 Å². The quantitative estimate of drug-likeness (QED) is 0.719. The van der Waals surface area contributed by atoms with E-state index in [2.05, 4.69) is 23.9 Å². The molecule has 0 bridgehead atoms. The van der Waals surface area contributed by atoms with Crippen molar-refractivity contribution in [2.75, 3.05) is 0 Å². The molecule has 2 nitrogen and oxygen atoms in total. The summed E-state index contributed by atoms with van der Waals surface area (Å²) in [6, 6.07) is 2.87. The number of nitrogens with zero attached hydrogens (tertiary/aromatic N) is 2. The molecule has 0 aromatic carbocycles. The van der Waals surface area contributed by atoms with Crippen LogP contribution in [0.4, 0.5) is 0 Å². The zero-order valence-electron chi connectivity index (χ0n) is 12.6. The number of aromatic nitrogens is 2. The molecule has 2 aliphatic carbocycles. The van der Waals surface area contributed by atoms with Crippen LogP contribution in [0.25, 0.3) is 0 Å². The van der Waals surface area contributed by atoms with Crippen LogP contribution >= 0.6 is 11.6 Å². The average Bonchev–Trinajstić information content (AvgIpc) is 2.92. The number of hydrogen-bond acceptors (Lipinski definition) is 1. The molecular weight excluding hydrogens is 268 g/mol. The summed E-state index contributed by atoms with van der Waals surface area (Å²) in [6.07, 6.45) is 13.7. The summed E-state index contributed by atoms with van der Waals surface area (Å²) >= 11 is 6.52. The van der Waals surface area contributed by atoms with Gasteiger partial charge < -0.3 is 0 Å². The van der Waals surface area contributed by atoms with Crippen LogP contribution in [0.2, 0.25) is 0 Å². The molecule has 3 heteroatoms. The molecule has 0 N–H and O–H groups in total. The lowest BCUT2D eigenvalue weighted by Gasteiger charge is -2.30. The molecule has 0 amide bonds. The number of alkyl halides is 1. The van der Waals surface area contributed by atoms with Crippen LogP contribution in [-0.2, 0) is 6.42 Å². The summed E-state index contributed by atoms with van der Waals surface area (Å²) in [5.74, 6) is 1.45. The number of hydrogen-bond donors (Lipinski definition) is 0. The van der Waals surface area contributed by atoms with Crippen LogP contribution in [0.3, 0.4) is 0 Å². The second-order valence-electron chi connectivity index (χ2n) is 6.98. The van der Waals surface area contributed by atoms with E-state index < -0.39 is 0 Å². The minimum Gasteiger partial charge on any atom is -0.269 e. The molecule has 1 heterocycles. The first-order chi connectivity index (χ1) is 9.72. The highest BCUT2D eigenvalue weighted by atomic mass is 35.5. The van der Waals surface area contributed by atoms with Gasteiger partial charge >= 0.3 is 0 Å². The van der Waals surface area contributed by atoms with E-state index >= 15 is 0 Å². The molecule has 1 aromatic rings. The van der Waals surface area contributed by atoms with Gasteiger partial charge in [0.05, 0.1) is 11.7 Å². The van der Waals surface area contributed by atoms with Crippen LogP contribution in [0.1, 0.15) is 70.0 Å². The van der Waals surface area contributed by atoms with Crippen molar-refractivity contribution in [2.24, 2.45) is 11.8 Å². The Bertz CT molecular complexity index is 422. The lowest BCUT2D eigenvalue weighted by atomic mass is 9.80. The van der Waals surface area contributed by atoms with E-state index in [1.54, 1.807) is 0 Å². The highest BCUT2D eigenvalue weighted by molar-refractivity contribution is 6.20. The van der Waals surface area contributed by atoms with Crippen LogP contribution in [0, 0.1) is 11.8 Å². The second-order valence-corrected chi connectivity index (χ2v) is 7.54.